The summed E-state index contributed by atoms with van der Waals surface area (Å²) in [4.78, 5) is 0. The Hall–Kier alpha value is -2.31. The van der Waals surface area contributed by atoms with Crippen molar-refractivity contribution >= 4 is 34.6 Å². The molecule has 0 aliphatic carbocycles. The van der Waals surface area contributed by atoms with E-state index in [9.17, 15) is 0 Å². The Morgan fingerprint density at radius 2 is 1.92 bits per heavy atom. The van der Waals surface area contributed by atoms with Crippen LogP contribution in [0.1, 0.15) is 23.6 Å². The van der Waals surface area contributed by atoms with Gasteiger partial charge in [-0.15, -0.1) is 0 Å². The Morgan fingerprint density at radius 1 is 1.20 bits per heavy atom. The Kier molecular flexibility index (Phi) is 5.11. The van der Waals surface area contributed by atoms with E-state index < -0.39 is 0 Å². The molecule has 1 aliphatic heterocycles. The number of ether oxygens (including phenoxy) is 2. The fourth-order valence-corrected chi connectivity index (χ4v) is 3.30. The van der Waals surface area contributed by atoms with E-state index in [2.05, 4.69) is 5.10 Å². The number of halogens is 1. The summed E-state index contributed by atoms with van der Waals surface area (Å²) in [6, 6.07) is 13.2. The van der Waals surface area contributed by atoms with Gasteiger partial charge in [0.15, 0.2) is 16.6 Å². The van der Waals surface area contributed by atoms with Gasteiger partial charge in [-0.3, -0.25) is 0 Å². The zero-order chi connectivity index (χ0) is 18.0. The summed E-state index contributed by atoms with van der Waals surface area (Å²) in [7, 11) is 3.21. The average Bonchev–Trinajstić information content (AvgIpc) is 3.07. The highest BCUT2D eigenvalue weighted by atomic mass is 35.5. The van der Waals surface area contributed by atoms with E-state index in [1.54, 1.807) is 19.2 Å². The standard InChI is InChI=1S/C18H18ClN3O2S/c1-23-16-8-7-11(9-17(16)24-2)15-10-14(21-22(15)18(20)25)12-5-3-4-6-13(12)19/h3-9,15H,10H2,1-2H3,(H2,20,25). The molecule has 7 heteroatoms. The number of thiocarbonyl (C=S) groups is 1. The maximum atomic E-state index is 6.31. The topological polar surface area (TPSA) is 60.1 Å². The molecule has 25 heavy (non-hydrogen) atoms. The SMILES string of the molecule is COc1ccc(C2CC(c3ccccc3Cl)=NN2C(N)=S)cc1OC. The highest BCUT2D eigenvalue weighted by molar-refractivity contribution is 7.80. The van der Waals surface area contributed by atoms with Crippen molar-refractivity contribution in [2.75, 3.05) is 14.2 Å². The van der Waals surface area contributed by atoms with Crippen LogP contribution < -0.4 is 15.2 Å². The minimum Gasteiger partial charge on any atom is -0.493 e. The van der Waals surface area contributed by atoms with Gasteiger partial charge in [-0.1, -0.05) is 35.9 Å². The lowest BCUT2D eigenvalue weighted by Crippen LogP contribution is -2.31. The zero-order valence-electron chi connectivity index (χ0n) is 13.9. The highest BCUT2D eigenvalue weighted by Crippen LogP contribution is 2.37. The predicted molar refractivity (Wildman–Crippen MR) is 104 cm³/mol. The van der Waals surface area contributed by atoms with Gasteiger partial charge >= 0.3 is 0 Å². The zero-order valence-corrected chi connectivity index (χ0v) is 15.5. The maximum Gasteiger partial charge on any atom is 0.187 e. The second-order valence-corrected chi connectivity index (χ2v) is 6.37. The minimum absolute atomic E-state index is 0.122. The number of rotatable bonds is 4. The monoisotopic (exact) mass is 375 g/mol. The van der Waals surface area contributed by atoms with Gasteiger partial charge in [0.05, 0.1) is 26.0 Å². The van der Waals surface area contributed by atoms with E-state index in [0.717, 1.165) is 16.8 Å². The molecule has 0 radical (unpaired) electrons. The van der Waals surface area contributed by atoms with Crippen LogP contribution in [-0.2, 0) is 0 Å². The summed E-state index contributed by atoms with van der Waals surface area (Å²) in [5.41, 5.74) is 8.60. The summed E-state index contributed by atoms with van der Waals surface area (Å²) in [5.74, 6) is 1.31. The number of nitrogens with two attached hydrogens (primary N) is 1. The Labute approximate surface area is 157 Å². The van der Waals surface area contributed by atoms with Crippen LogP contribution in [0.3, 0.4) is 0 Å². The molecule has 0 aromatic heterocycles. The fourth-order valence-electron chi connectivity index (χ4n) is 2.89. The highest BCUT2D eigenvalue weighted by Gasteiger charge is 2.31. The molecule has 0 spiro atoms. The van der Waals surface area contributed by atoms with Crippen LogP contribution in [-0.4, -0.2) is 30.1 Å². The molecule has 130 valence electrons. The van der Waals surface area contributed by atoms with E-state index in [4.69, 9.17) is 39.0 Å². The van der Waals surface area contributed by atoms with Gasteiger partial charge in [-0.25, -0.2) is 5.01 Å². The van der Waals surface area contributed by atoms with Crippen molar-refractivity contribution in [3.8, 4) is 11.5 Å². The molecule has 0 saturated heterocycles. The van der Waals surface area contributed by atoms with Crippen LogP contribution in [0.2, 0.25) is 5.02 Å². The maximum absolute atomic E-state index is 6.31. The molecule has 3 rings (SSSR count). The van der Waals surface area contributed by atoms with Crippen LogP contribution in [0, 0.1) is 0 Å². The number of hydrogen-bond acceptors (Lipinski definition) is 4. The second-order valence-electron chi connectivity index (χ2n) is 5.54. The summed E-state index contributed by atoms with van der Waals surface area (Å²) in [5, 5.41) is 7.11. The van der Waals surface area contributed by atoms with Crippen LogP contribution in [0.15, 0.2) is 47.6 Å². The Morgan fingerprint density at radius 3 is 2.56 bits per heavy atom. The predicted octanol–water partition coefficient (Wildman–Crippen LogP) is 3.75. The van der Waals surface area contributed by atoms with Crippen molar-refractivity contribution in [1.29, 1.82) is 0 Å². The molecular weight excluding hydrogens is 358 g/mol. The van der Waals surface area contributed by atoms with Crippen LogP contribution >= 0.6 is 23.8 Å². The third-order valence-electron chi connectivity index (χ3n) is 4.11. The van der Waals surface area contributed by atoms with Crippen molar-refractivity contribution in [2.24, 2.45) is 10.8 Å². The van der Waals surface area contributed by atoms with Gasteiger partial charge in [0, 0.05) is 17.0 Å². The molecule has 2 aromatic carbocycles. The number of hydrazone groups is 1. The first-order chi connectivity index (χ1) is 12.0. The van der Waals surface area contributed by atoms with E-state index in [1.165, 1.54) is 0 Å². The molecule has 2 aromatic rings. The molecule has 0 bridgehead atoms. The third kappa shape index (κ3) is 3.41. The molecule has 5 nitrogen and oxygen atoms in total. The lowest BCUT2D eigenvalue weighted by atomic mass is 9.98. The summed E-state index contributed by atoms with van der Waals surface area (Å²) in [6.45, 7) is 0. The molecule has 1 aliphatic rings. The molecule has 1 atom stereocenters. The second kappa shape index (κ2) is 7.29. The first kappa shape index (κ1) is 17.5. The molecular formula is C18H18ClN3O2S. The first-order valence-corrected chi connectivity index (χ1v) is 8.46. The average molecular weight is 376 g/mol. The fraction of sp³-hybridized carbons (Fsp3) is 0.222. The van der Waals surface area contributed by atoms with Gasteiger partial charge in [-0.2, -0.15) is 5.10 Å². The third-order valence-corrected chi connectivity index (χ3v) is 4.63. The lowest BCUT2D eigenvalue weighted by Gasteiger charge is -2.22. The van der Waals surface area contributed by atoms with Gasteiger partial charge in [-0.05, 0) is 36.0 Å². The molecule has 2 N–H and O–H groups in total. The van der Waals surface area contributed by atoms with Crippen molar-refractivity contribution in [3.63, 3.8) is 0 Å². The Balaban J connectivity index is 1.98. The minimum atomic E-state index is -0.122. The van der Waals surface area contributed by atoms with E-state index in [0.29, 0.717) is 22.9 Å². The van der Waals surface area contributed by atoms with E-state index in [1.807, 2.05) is 42.5 Å². The molecule has 0 fully saturated rings. The van der Waals surface area contributed by atoms with Gasteiger partial charge in [0.2, 0.25) is 0 Å². The van der Waals surface area contributed by atoms with Crippen LogP contribution in [0.4, 0.5) is 0 Å². The van der Waals surface area contributed by atoms with Crippen molar-refractivity contribution < 1.29 is 9.47 Å². The summed E-state index contributed by atoms with van der Waals surface area (Å²) < 4.78 is 10.7. The Bertz CT molecular complexity index is 841. The van der Waals surface area contributed by atoms with Crippen molar-refractivity contribution in [1.82, 2.24) is 5.01 Å². The number of methoxy groups -OCH3 is 2. The number of nitrogens with zero attached hydrogens (tertiary/aromatic N) is 2. The van der Waals surface area contributed by atoms with E-state index >= 15 is 0 Å². The van der Waals surface area contributed by atoms with Crippen LogP contribution in [0.25, 0.3) is 0 Å². The van der Waals surface area contributed by atoms with E-state index in [-0.39, 0.29) is 11.2 Å². The molecule has 0 saturated carbocycles. The number of hydrogen-bond donors (Lipinski definition) is 1. The summed E-state index contributed by atoms with van der Waals surface area (Å²) in [6.07, 6.45) is 0.635. The van der Waals surface area contributed by atoms with Gasteiger partial charge < -0.3 is 15.2 Å². The summed E-state index contributed by atoms with van der Waals surface area (Å²) >= 11 is 11.5. The quantitative estimate of drug-likeness (QED) is 0.824. The number of benzene rings is 2. The van der Waals surface area contributed by atoms with Crippen molar-refractivity contribution in [2.45, 2.75) is 12.5 Å². The van der Waals surface area contributed by atoms with Crippen molar-refractivity contribution in [3.05, 3.63) is 58.6 Å². The normalized spacial score (nSPS) is 16.5. The molecule has 0 amide bonds. The molecule has 1 heterocycles. The smallest absolute Gasteiger partial charge is 0.187 e. The lowest BCUT2D eigenvalue weighted by molar-refractivity contribution is 0.347. The van der Waals surface area contributed by atoms with Gasteiger partial charge in [0.25, 0.3) is 0 Å². The van der Waals surface area contributed by atoms with Crippen LogP contribution in [0.5, 0.6) is 11.5 Å². The molecule has 1 unspecified atom stereocenters. The van der Waals surface area contributed by atoms with Gasteiger partial charge in [0.1, 0.15) is 0 Å². The largest absolute Gasteiger partial charge is 0.493 e. The first-order valence-electron chi connectivity index (χ1n) is 7.68.